The second-order valence-electron chi connectivity index (χ2n) is 4.95. The molecule has 6 heteroatoms. The second kappa shape index (κ2) is 5.00. The summed E-state index contributed by atoms with van der Waals surface area (Å²) < 4.78 is 16.2. The predicted molar refractivity (Wildman–Crippen MR) is 72.4 cm³/mol. The van der Waals surface area contributed by atoms with Crippen molar-refractivity contribution in [3.05, 3.63) is 16.7 Å². The number of halogens is 1. The smallest absolute Gasteiger partial charge is 0.235 e. The lowest BCUT2D eigenvalue weighted by atomic mass is 9.87. The Hall–Kier alpha value is -1.71. The third-order valence-electron chi connectivity index (χ3n) is 3.96. The summed E-state index contributed by atoms with van der Waals surface area (Å²) in [6.07, 6.45) is 5.24. The highest BCUT2D eigenvalue weighted by atomic mass is 35.5. The van der Waals surface area contributed by atoms with Gasteiger partial charge in [0.15, 0.2) is 11.5 Å². The zero-order valence-corrected chi connectivity index (χ0v) is 11.8. The summed E-state index contributed by atoms with van der Waals surface area (Å²) in [7, 11) is 1.54. The quantitative estimate of drug-likeness (QED) is 0.635. The number of fused-ring (bicyclic) bond motifs is 1. The zero-order valence-electron chi connectivity index (χ0n) is 11.1. The van der Waals surface area contributed by atoms with Gasteiger partial charge in [0, 0.05) is 5.56 Å². The van der Waals surface area contributed by atoms with Crippen molar-refractivity contribution >= 4 is 17.7 Å². The Balaban J connectivity index is 2.22. The molecule has 1 aromatic rings. The van der Waals surface area contributed by atoms with Crippen molar-refractivity contribution in [2.45, 2.75) is 31.2 Å². The first-order valence-electron chi connectivity index (χ1n) is 6.47. The van der Waals surface area contributed by atoms with Crippen LogP contribution in [0.3, 0.4) is 0 Å². The molecule has 2 aliphatic rings. The fraction of sp³-hybridized carbons (Fsp3) is 0.500. The monoisotopic (exact) mass is 295 g/mol. The molecule has 0 N–H and O–H groups in total. The molecule has 1 aromatic carbocycles. The van der Waals surface area contributed by atoms with Gasteiger partial charge in [0.05, 0.1) is 7.11 Å². The molecule has 0 spiro atoms. The fourth-order valence-electron chi connectivity index (χ4n) is 3.02. The van der Waals surface area contributed by atoms with E-state index in [0.717, 1.165) is 31.2 Å². The van der Waals surface area contributed by atoms with Crippen LogP contribution in [0.1, 0.15) is 31.2 Å². The first kappa shape index (κ1) is 13.3. The van der Waals surface area contributed by atoms with Crippen LogP contribution in [0.15, 0.2) is 11.1 Å². The third-order valence-corrected chi connectivity index (χ3v) is 4.30. The molecule has 0 aromatic heterocycles. The van der Waals surface area contributed by atoms with Crippen LogP contribution in [0.2, 0.25) is 5.02 Å². The molecule has 106 valence electrons. The van der Waals surface area contributed by atoms with Gasteiger partial charge in [-0.05, 0) is 18.9 Å². The van der Waals surface area contributed by atoms with Crippen molar-refractivity contribution in [1.29, 1.82) is 0 Å². The van der Waals surface area contributed by atoms with E-state index in [1.807, 2.05) is 6.07 Å². The fourth-order valence-corrected chi connectivity index (χ4v) is 3.35. The standard InChI is InChI=1S/C14H14ClNO4/c1-18-12-9(14(16-7-17)4-2-3-5-14)6-10-13(11(12)15)20-8-19-10/h6H,2-5,8H2,1H3. The molecule has 3 rings (SSSR count). The lowest BCUT2D eigenvalue weighted by Crippen LogP contribution is -2.20. The maximum Gasteiger partial charge on any atom is 0.235 e. The van der Waals surface area contributed by atoms with E-state index in [1.165, 1.54) is 0 Å². The van der Waals surface area contributed by atoms with E-state index in [4.69, 9.17) is 25.8 Å². The van der Waals surface area contributed by atoms with Gasteiger partial charge in [0.1, 0.15) is 16.3 Å². The SMILES string of the molecule is COc1c(C2(N=C=O)CCCC2)cc2c(c1Cl)OCO2. The molecule has 0 atom stereocenters. The van der Waals surface area contributed by atoms with Crippen molar-refractivity contribution < 1.29 is 19.0 Å². The van der Waals surface area contributed by atoms with E-state index in [0.29, 0.717) is 22.3 Å². The van der Waals surface area contributed by atoms with Crippen molar-refractivity contribution in [1.82, 2.24) is 0 Å². The molecule has 1 saturated carbocycles. The van der Waals surface area contributed by atoms with Crippen LogP contribution in [0.4, 0.5) is 0 Å². The van der Waals surface area contributed by atoms with Gasteiger partial charge in [-0.3, -0.25) is 0 Å². The maximum absolute atomic E-state index is 10.8. The third kappa shape index (κ3) is 1.86. The average molecular weight is 296 g/mol. The van der Waals surface area contributed by atoms with Crippen molar-refractivity contribution in [2.24, 2.45) is 4.99 Å². The normalized spacial score (nSPS) is 18.7. The highest BCUT2D eigenvalue weighted by Gasteiger charge is 2.40. The van der Waals surface area contributed by atoms with Gasteiger partial charge in [-0.25, -0.2) is 4.79 Å². The molecule has 0 bridgehead atoms. The predicted octanol–water partition coefficient (Wildman–Crippen LogP) is 3.18. The number of rotatable bonds is 3. The number of methoxy groups -OCH3 is 1. The van der Waals surface area contributed by atoms with Crippen LogP contribution in [0, 0.1) is 0 Å². The highest BCUT2D eigenvalue weighted by Crippen LogP contribution is 2.53. The summed E-state index contributed by atoms with van der Waals surface area (Å²) in [4.78, 5) is 14.9. The molecule has 0 saturated heterocycles. The summed E-state index contributed by atoms with van der Waals surface area (Å²) in [6, 6.07) is 1.82. The minimum Gasteiger partial charge on any atom is -0.495 e. The molecule has 1 aliphatic carbocycles. The number of aliphatic imine (C=N–C) groups is 1. The number of nitrogens with zero attached hydrogens (tertiary/aromatic N) is 1. The zero-order chi connectivity index (χ0) is 14.2. The molecule has 1 heterocycles. The number of hydrogen-bond donors (Lipinski definition) is 0. The minimum absolute atomic E-state index is 0.131. The average Bonchev–Trinajstić information content (AvgIpc) is 3.08. The molecule has 0 unspecified atom stereocenters. The van der Waals surface area contributed by atoms with Crippen LogP contribution in [0.5, 0.6) is 17.2 Å². The molecule has 0 radical (unpaired) electrons. The molecule has 1 fully saturated rings. The van der Waals surface area contributed by atoms with E-state index in [2.05, 4.69) is 4.99 Å². The van der Waals surface area contributed by atoms with Crippen LogP contribution in [-0.2, 0) is 10.3 Å². The van der Waals surface area contributed by atoms with Gasteiger partial charge >= 0.3 is 0 Å². The van der Waals surface area contributed by atoms with Gasteiger partial charge in [0.2, 0.25) is 12.9 Å². The first-order valence-corrected chi connectivity index (χ1v) is 6.85. The molecule has 0 amide bonds. The number of ether oxygens (including phenoxy) is 3. The van der Waals surface area contributed by atoms with Crippen molar-refractivity contribution in [2.75, 3.05) is 13.9 Å². The van der Waals surface area contributed by atoms with Crippen molar-refractivity contribution in [3.8, 4) is 17.2 Å². The Labute approximate surface area is 121 Å². The van der Waals surface area contributed by atoms with Gasteiger partial charge in [-0.1, -0.05) is 24.4 Å². The van der Waals surface area contributed by atoms with Crippen LogP contribution < -0.4 is 14.2 Å². The Morgan fingerprint density at radius 1 is 1.40 bits per heavy atom. The highest BCUT2D eigenvalue weighted by molar-refractivity contribution is 6.34. The van der Waals surface area contributed by atoms with E-state index < -0.39 is 5.54 Å². The van der Waals surface area contributed by atoms with Gasteiger partial charge < -0.3 is 14.2 Å². The largest absolute Gasteiger partial charge is 0.495 e. The van der Waals surface area contributed by atoms with E-state index in [1.54, 1.807) is 13.2 Å². The van der Waals surface area contributed by atoms with Gasteiger partial charge in [-0.2, -0.15) is 4.99 Å². The minimum atomic E-state index is -0.613. The van der Waals surface area contributed by atoms with Crippen LogP contribution >= 0.6 is 11.6 Å². The second-order valence-corrected chi connectivity index (χ2v) is 5.32. The summed E-state index contributed by atoms with van der Waals surface area (Å²) in [5.74, 6) is 1.55. The summed E-state index contributed by atoms with van der Waals surface area (Å²) in [5.41, 5.74) is 0.160. The number of hydrogen-bond acceptors (Lipinski definition) is 5. The topological polar surface area (TPSA) is 57.1 Å². The first-order chi connectivity index (χ1) is 9.72. The summed E-state index contributed by atoms with van der Waals surface area (Å²) in [5, 5.41) is 0.366. The van der Waals surface area contributed by atoms with E-state index in [-0.39, 0.29) is 6.79 Å². The van der Waals surface area contributed by atoms with Gasteiger partial charge in [-0.15, -0.1) is 0 Å². The summed E-state index contributed by atoms with van der Waals surface area (Å²) >= 11 is 6.33. The number of isocyanates is 1. The lowest BCUT2D eigenvalue weighted by molar-refractivity contribution is 0.174. The van der Waals surface area contributed by atoms with Crippen LogP contribution in [0.25, 0.3) is 0 Å². The molecule has 5 nitrogen and oxygen atoms in total. The Morgan fingerprint density at radius 3 is 2.80 bits per heavy atom. The maximum atomic E-state index is 10.8. The Morgan fingerprint density at radius 2 is 2.15 bits per heavy atom. The van der Waals surface area contributed by atoms with Gasteiger partial charge in [0.25, 0.3) is 0 Å². The van der Waals surface area contributed by atoms with Crippen LogP contribution in [-0.4, -0.2) is 20.0 Å². The van der Waals surface area contributed by atoms with E-state index in [9.17, 15) is 4.79 Å². The Bertz CT molecular complexity index is 589. The van der Waals surface area contributed by atoms with E-state index >= 15 is 0 Å². The molecule has 20 heavy (non-hydrogen) atoms. The molecule has 1 aliphatic heterocycles. The number of carbonyl (C=O) groups excluding carboxylic acids is 1. The van der Waals surface area contributed by atoms with Crippen molar-refractivity contribution in [3.63, 3.8) is 0 Å². The summed E-state index contributed by atoms with van der Waals surface area (Å²) in [6.45, 7) is 0.131. The number of benzene rings is 1. The Kier molecular flexibility index (Phi) is 3.32. The molecular formula is C14H14ClNO4. The lowest BCUT2D eigenvalue weighted by Gasteiger charge is -2.26. The molecular weight excluding hydrogens is 282 g/mol.